The molecule has 0 amide bonds. The van der Waals surface area contributed by atoms with E-state index in [4.69, 9.17) is 0 Å². The molecule has 0 aliphatic carbocycles. The van der Waals surface area contributed by atoms with Crippen molar-refractivity contribution < 1.29 is 0 Å². The van der Waals surface area contributed by atoms with Crippen molar-refractivity contribution in [3.63, 3.8) is 0 Å². The van der Waals surface area contributed by atoms with Crippen molar-refractivity contribution in [2.24, 2.45) is 0 Å². The van der Waals surface area contributed by atoms with E-state index in [1.807, 2.05) is 22.7 Å². The fourth-order valence-electron chi connectivity index (χ4n) is 10.6. The molecule has 0 saturated heterocycles. The lowest BCUT2D eigenvalue weighted by molar-refractivity contribution is 1.24. The van der Waals surface area contributed by atoms with Gasteiger partial charge in [-0.1, -0.05) is 120 Å². The predicted molar refractivity (Wildman–Crippen MR) is 248 cm³/mol. The molecule has 3 aliphatic rings. The molecule has 6 heteroatoms. The zero-order chi connectivity index (χ0) is 36.9. The van der Waals surface area contributed by atoms with Crippen molar-refractivity contribution in [1.82, 2.24) is 0 Å². The Bertz CT molecular complexity index is 3130. The Balaban J connectivity index is 1.14. The maximum absolute atomic E-state index is 2.61. The number of benzene rings is 8. The van der Waals surface area contributed by atoms with Crippen molar-refractivity contribution in [2.45, 2.75) is 13.5 Å². The lowest BCUT2D eigenvalue weighted by Crippen LogP contribution is -2.83. The van der Waals surface area contributed by atoms with Crippen LogP contribution < -0.4 is 41.7 Å². The normalized spacial score (nSPS) is 14.6. The van der Waals surface area contributed by atoms with Crippen LogP contribution in [0.1, 0.15) is 5.56 Å². The number of aryl methyl sites for hydroxylation is 1. The van der Waals surface area contributed by atoms with Gasteiger partial charge in [-0.25, -0.2) is 0 Å². The second kappa shape index (κ2) is 11.1. The van der Waals surface area contributed by atoms with Gasteiger partial charge >= 0.3 is 0 Å². The van der Waals surface area contributed by atoms with Crippen LogP contribution >= 0.6 is 22.7 Å². The summed E-state index contributed by atoms with van der Waals surface area (Å²) in [5.41, 5.74) is 13.3. The molecule has 0 radical (unpaired) electrons. The van der Waals surface area contributed by atoms with Gasteiger partial charge in [-0.05, 0) is 94.7 Å². The first-order valence-electron chi connectivity index (χ1n) is 19.5. The number of rotatable bonds is 3. The van der Waals surface area contributed by atoms with E-state index < -0.39 is 8.07 Å². The summed E-state index contributed by atoms with van der Waals surface area (Å²) in [5.74, 6) is 0. The summed E-state index contributed by atoms with van der Waals surface area (Å²) < 4.78 is 5.32. The van der Waals surface area contributed by atoms with E-state index in [0.29, 0.717) is 0 Å². The molecule has 8 aromatic carbocycles. The van der Waals surface area contributed by atoms with Crippen LogP contribution in [-0.4, -0.2) is 14.8 Å². The molecule has 0 spiro atoms. The molecular weight excluding hydrogens is 732 g/mol. The standard InChI is InChI=1S/C50H33BN2S2Si/c1-30-26-40-48-41(27-30)53(32-23-25-37-35-15-7-9-19-43(35)55-45(37)29-32)39-17-11-21-47-50(39)51(48)49-38(16-10-20-46(49)56(47,2)33-12-4-3-5-13-33)52(40)31-22-24-36-34-14-6-8-18-42(34)54-44(36)28-31/h3-29H,1-2H3. The quantitative estimate of drug-likeness (QED) is 0.165. The van der Waals surface area contributed by atoms with Crippen LogP contribution in [0.5, 0.6) is 0 Å². The van der Waals surface area contributed by atoms with Gasteiger partial charge in [0.1, 0.15) is 8.07 Å². The summed E-state index contributed by atoms with van der Waals surface area (Å²) >= 11 is 3.80. The van der Waals surface area contributed by atoms with Crippen LogP contribution in [0.25, 0.3) is 40.3 Å². The highest BCUT2D eigenvalue weighted by molar-refractivity contribution is 7.26. The first-order valence-corrected chi connectivity index (χ1v) is 23.6. The largest absolute Gasteiger partial charge is 0.311 e. The van der Waals surface area contributed by atoms with Crippen LogP contribution in [-0.2, 0) is 0 Å². The van der Waals surface area contributed by atoms with Crippen LogP contribution in [0.3, 0.4) is 0 Å². The molecule has 0 fully saturated rings. The van der Waals surface area contributed by atoms with Crippen LogP contribution in [0.2, 0.25) is 6.55 Å². The first kappa shape index (κ1) is 31.3. The molecule has 3 aliphatic heterocycles. The summed E-state index contributed by atoms with van der Waals surface area (Å²) in [6, 6.07) is 62.7. The molecule has 56 heavy (non-hydrogen) atoms. The minimum Gasteiger partial charge on any atom is -0.311 e. The molecule has 0 bridgehead atoms. The molecule has 262 valence electrons. The maximum atomic E-state index is 2.61. The number of nitrogens with zero attached hydrogens (tertiary/aromatic N) is 2. The Kier molecular flexibility index (Phi) is 6.21. The Morgan fingerprint density at radius 1 is 0.429 bits per heavy atom. The highest BCUT2D eigenvalue weighted by atomic mass is 32.1. The van der Waals surface area contributed by atoms with E-state index in [9.17, 15) is 0 Å². The lowest BCUT2D eigenvalue weighted by Gasteiger charge is -2.50. The molecule has 2 nitrogen and oxygen atoms in total. The Morgan fingerprint density at radius 3 is 1.45 bits per heavy atom. The molecule has 10 aromatic rings. The number of thiophene rings is 2. The van der Waals surface area contributed by atoms with E-state index in [0.717, 1.165) is 0 Å². The zero-order valence-corrected chi connectivity index (χ0v) is 33.5. The molecule has 0 atom stereocenters. The van der Waals surface area contributed by atoms with Crippen LogP contribution in [0, 0.1) is 6.92 Å². The third kappa shape index (κ3) is 3.96. The van der Waals surface area contributed by atoms with Gasteiger partial charge in [0.15, 0.2) is 0 Å². The molecule has 5 heterocycles. The molecular formula is C50H33BN2S2Si. The minimum atomic E-state index is -2.49. The highest BCUT2D eigenvalue weighted by Crippen LogP contribution is 2.47. The summed E-state index contributed by atoms with van der Waals surface area (Å²) in [7, 11) is -2.49. The third-order valence-electron chi connectivity index (χ3n) is 12.9. The van der Waals surface area contributed by atoms with Crippen molar-refractivity contribution in [2.75, 3.05) is 9.80 Å². The van der Waals surface area contributed by atoms with Crippen molar-refractivity contribution >= 4 is 144 Å². The Hall–Kier alpha value is -5.92. The molecule has 0 N–H and O–H groups in total. The average Bonchev–Trinajstić information content (AvgIpc) is 3.80. The van der Waals surface area contributed by atoms with Crippen LogP contribution in [0.4, 0.5) is 34.1 Å². The summed E-state index contributed by atoms with van der Waals surface area (Å²) in [6.07, 6.45) is 0. The predicted octanol–water partition coefficient (Wildman–Crippen LogP) is 10.2. The van der Waals surface area contributed by atoms with Gasteiger partial charge in [0.05, 0.1) is 0 Å². The van der Waals surface area contributed by atoms with Gasteiger partial charge in [0, 0.05) is 74.5 Å². The minimum absolute atomic E-state index is 0.135. The third-order valence-corrected chi connectivity index (χ3v) is 19.7. The van der Waals surface area contributed by atoms with Gasteiger partial charge in [-0.15, -0.1) is 22.7 Å². The first-order chi connectivity index (χ1) is 27.6. The van der Waals surface area contributed by atoms with Gasteiger partial charge in [-0.2, -0.15) is 0 Å². The number of anilines is 6. The average molecular weight is 765 g/mol. The summed E-state index contributed by atoms with van der Waals surface area (Å²) in [6.45, 7) is 5.01. The second-order valence-electron chi connectivity index (χ2n) is 15.8. The van der Waals surface area contributed by atoms with Gasteiger partial charge in [-0.3, -0.25) is 0 Å². The summed E-state index contributed by atoms with van der Waals surface area (Å²) in [4.78, 5) is 5.22. The Labute approximate surface area is 334 Å². The summed E-state index contributed by atoms with van der Waals surface area (Å²) in [5, 5.41) is 9.84. The molecule has 13 rings (SSSR count). The molecule has 0 saturated carbocycles. The fourth-order valence-corrected chi connectivity index (χ4v) is 17.1. The number of fused-ring (bicyclic) bond motifs is 6. The van der Waals surface area contributed by atoms with Crippen molar-refractivity contribution in [3.8, 4) is 0 Å². The van der Waals surface area contributed by atoms with Gasteiger partial charge in [0.25, 0.3) is 6.71 Å². The van der Waals surface area contributed by atoms with E-state index >= 15 is 0 Å². The van der Waals surface area contributed by atoms with Gasteiger partial charge in [0.2, 0.25) is 0 Å². The van der Waals surface area contributed by atoms with E-state index in [1.165, 1.54) is 112 Å². The number of hydrogen-bond donors (Lipinski definition) is 0. The van der Waals surface area contributed by atoms with Gasteiger partial charge < -0.3 is 9.80 Å². The number of hydrogen-bond acceptors (Lipinski definition) is 4. The molecule has 2 aromatic heterocycles. The van der Waals surface area contributed by atoms with E-state index in [1.54, 1.807) is 0 Å². The topological polar surface area (TPSA) is 6.48 Å². The monoisotopic (exact) mass is 764 g/mol. The highest BCUT2D eigenvalue weighted by Gasteiger charge is 2.53. The van der Waals surface area contributed by atoms with E-state index in [-0.39, 0.29) is 6.71 Å². The fraction of sp³-hybridized carbons (Fsp3) is 0.0400. The van der Waals surface area contributed by atoms with Crippen LogP contribution in [0.15, 0.2) is 164 Å². The SMILES string of the molecule is Cc1cc2c3c(c1)N(c1ccc4c(c1)sc1ccccc14)c1cccc4c1B3c1c(cccc1[Si]4(C)c1ccccc1)N2c1ccc2c(c1)sc1ccccc12. The smallest absolute Gasteiger partial charge is 0.251 e. The molecule has 0 unspecified atom stereocenters. The van der Waals surface area contributed by atoms with Crippen molar-refractivity contribution in [3.05, 3.63) is 169 Å². The van der Waals surface area contributed by atoms with Crippen molar-refractivity contribution in [1.29, 1.82) is 0 Å². The van der Waals surface area contributed by atoms with E-state index in [2.05, 4.69) is 187 Å². The zero-order valence-electron chi connectivity index (χ0n) is 30.9. The second-order valence-corrected chi connectivity index (χ2v) is 21.9. The Morgan fingerprint density at radius 2 is 0.911 bits per heavy atom. The maximum Gasteiger partial charge on any atom is 0.251 e. The lowest BCUT2D eigenvalue weighted by atomic mass is 9.33.